The maximum Gasteiger partial charge on any atom is 0.251 e. The van der Waals surface area contributed by atoms with Crippen molar-refractivity contribution in [2.75, 3.05) is 14.2 Å². The van der Waals surface area contributed by atoms with Crippen LogP contribution >= 0.6 is 12.6 Å². The minimum Gasteiger partial charge on any atom is -0.496 e. The smallest absolute Gasteiger partial charge is 0.251 e. The van der Waals surface area contributed by atoms with E-state index in [1.165, 1.54) is 0 Å². The molecule has 0 saturated carbocycles. The Morgan fingerprint density at radius 3 is 2.53 bits per heavy atom. The van der Waals surface area contributed by atoms with Gasteiger partial charge in [-0.15, -0.1) is 12.6 Å². The van der Waals surface area contributed by atoms with Crippen molar-refractivity contribution in [1.29, 1.82) is 0 Å². The van der Waals surface area contributed by atoms with Crippen molar-refractivity contribution in [2.24, 2.45) is 0 Å². The molecule has 0 fully saturated rings. The Kier molecular flexibility index (Phi) is 4.12. The fourth-order valence-electron chi connectivity index (χ4n) is 1.85. The van der Waals surface area contributed by atoms with E-state index in [1.54, 1.807) is 20.2 Å². The molecular formula is C15H15NO2S. The number of thiol groups is 1. The molecule has 2 aromatic carbocycles. The molecule has 0 radical (unpaired) electrons. The minimum atomic E-state index is -0.0959. The summed E-state index contributed by atoms with van der Waals surface area (Å²) in [6.07, 6.45) is 0. The Balaban J connectivity index is 2.41. The van der Waals surface area contributed by atoms with Gasteiger partial charge in [0.1, 0.15) is 5.75 Å². The molecule has 0 heterocycles. The second-order valence-corrected chi connectivity index (χ2v) is 4.53. The van der Waals surface area contributed by atoms with Crippen LogP contribution in [0.2, 0.25) is 0 Å². The third-order valence-corrected chi connectivity index (χ3v) is 3.21. The van der Waals surface area contributed by atoms with Crippen LogP contribution < -0.4 is 10.1 Å². The van der Waals surface area contributed by atoms with Crippen LogP contribution in [-0.2, 0) is 0 Å². The maximum absolute atomic E-state index is 11.6. The maximum atomic E-state index is 11.6. The summed E-state index contributed by atoms with van der Waals surface area (Å²) < 4.78 is 5.17. The van der Waals surface area contributed by atoms with Gasteiger partial charge in [0.05, 0.1) is 7.11 Å². The molecule has 2 aromatic rings. The van der Waals surface area contributed by atoms with E-state index in [0.717, 1.165) is 21.8 Å². The normalized spacial score (nSPS) is 10.1. The predicted octanol–water partition coefficient (Wildman–Crippen LogP) is 3.01. The highest BCUT2D eigenvalue weighted by Crippen LogP contribution is 2.29. The van der Waals surface area contributed by atoms with Crippen molar-refractivity contribution in [3.05, 3.63) is 48.0 Å². The third kappa shape index (κ3) is 2.90. The first-order valence-corrected chi connectivity index (χ1v) is 6.30. The largest absolute Gasteiger partial charge is 0.496 e. The van der Waals surface area contributed by atoms with Gasteiger partial charge in [-0.1, -0.05) is 18.2 Å². The van der Waals surface area contributed by atoms with Gasteiger partial charge in [0.25, 0.3) is 5.91 Å². The molecule has 0 aliphatic rings. The predicted molar refractivity (Wildman–Crippen MR) is 79.1 cm³/mol. The van der Waals surface area contributed by atoms with Crippen molar-refractivity contribution in [3.63, 3.8) is 0 Å². The van der Waals surface area contributed by atoms with E-state index in [9.17, 15) is 4.79 Å². The summed E-state index contributed by atoms with van der Waals surface area (Å²) in [6, 6.07) is 13.2. The molecule has 0 saturated heterocycles. The Bertz CT molecular complexity index is 611. The van der Waals surface area contributed by atoms with Crippen LogP contribution in [-0.4, -0.2) is 20.1 Å². The molecule has 0 atom stereocenters. The molecule has 0 aliphatic carbocycles. The summed E-state index contributed by atoms with van der Waals surface area (Å²) >= 11 is 4.38. The number of carbonyl (C=O) groups excluding carboxylic acids is 1. The highest BCUT2D eigenvalue weighted by molar-refractivity contribution is 7.80. The monoisotopic (exact) mass is 273 g/mol. The van der Waals surface area contributed by atoms with Gasteiger partial charge in [0.2, 0.25) is 0 Å². The fraction of sp³-hybridized carbons (Fsp3) is 0.133. The number of nitrogens with one attached hydrogen (secondary N) is 1. The van der Waals surface area contributed by atoms with Crippen LogP contribution in [0, 0.1) is 0 Å². The topological polar surface area (TPSA) is 38.3 Å². The van der Waals surface area contributed by atoms with Crippen molar-refractivity contribution in [2.45, 2.75) is 4.90 Å². The Morgan fingerprint density at radius 2 is 1.89 bits per heavy atom. The van der Waals surface area contributed by atoms with Crippen molar-refractivity contribution in [3.8, 4) is 16.9 Å². The Hall–Kier alpha value is -1.94. The lowest BCUT2D eigenvalue weighted by molar-refractivity contribution is 0.0963. The second kappa shape index (κ2) is 5.80. The first-order chi connectivity index (χ1) is 9.15. The molecule has 0 aliphatic heterocycles. The number of rotatable bonds is 3. The summed E-state index contributed by atoms with van der Waals surface area (Å²) in [4.78, 5) is 12.4. The summed E-state index contributed by atoms with van der Waals surface area (Å²) in [5.74, 6) is 0.635. The molecule has 98 valence electrons. The van der Waals surface area contributed by atoms with E-state index < -0.39 is 0 Å². The zero-order valence-corrected chi connectivity index (χ0v) is 11.7. The summed E-state index contributed by atoms with van der Waals surface area (Å²) in [5, 5.41) is 2.62. The molecule has 0 unspecified atom stereocenters. The zero-order valence-electron chi connectivity index (χ0n) is 10.8. The number of benzene rings is 2. The van der Waals surface area contributed by atoms with Crippen LogP contribution in [0.15, 0.2) is 47.4 Å². The lowest BCUT2D eigenvalue weighted by Crippen LogP contribution is -2.17. The summed E-state index contributed by atoms with van der Waals surface area (Å²) in [7, 11) is 3.23. The van der Waals surface area contributed by atoms with E-state index in [4.69, 9.17) is 4.74 Å². The quantitative estimate of drug-likeness (QED) is 0.844. The lowest BCUT2D eigenvalue weighted by Gasteiger charge is -2.08. The van der Waals surface area contributed by atoms with Crippen LogP contribution in [0.25, 0.3) is 11.1 Å². The number of hydrogen-bond acceptors (Lipinski definition) is 3. The SMILES string of the molecule is CNC(=O)c1cccc(-c2ccc(OC)c(S)c2)c1. The molecule has 19 heavy (non-hydrogen) atoms. The van der Waals surface area contributed by atoms with E-state index in [-0.39, 0.29) is 5.91 Å². The van der Waals surface area contributed by atoms with E-state index in [2.05, 4.69) is 17.9 Å². The highest BCUT2D eigenvalue weighted by Gasteiger charge is 2.06. The van der Waals surface area contributed by atoms with Crippen molar-refractivity contribution >= 4 is 18.5 Å². The highest BCUT2D eigenvalue weighted by atomic mass is 32.1. The molecule has 2 rings (SSSR count). The molecule has 0 spiro atoms. The van der Waals surface area contributed by atoms with E-state index >= 15 is 0 Å². The average Bonchev–Trinajstić information content (AvgIpc) is 2.46. The van der Waals surface area contributed by atoms with E-state index in [1.807, 2.05) is 36.4 Å². The number of hydrogen-bond donors (Lipinski definition) is 2. The van der Waals surface area contributed by atoms with Gasteiger partial charge in [0.15, 0.2) is 0 Å². The average molecular weight is 273 g/mol. The zero-order chi connectivity index (χ0) is 13.8. The van der Waals surface area contributed by atoms with Gasteiger partial charge in [-0.25, -0.2) is 0 Å². The van der Waals surface area contributed by atoms with Crippen LogP contribution in [0.5, 0.6) is 5.75 Å². The van der Waals surface area contributed by atoms with Gasteiger partial charge >= 0.3 is 0 Å². The lowest BCUT2D eigenvalue weighted by atomic mass is 10.0. The van der Waals surface area contributed by atoms with E-state index in [0.29, 0.717) is 5.56 Å². The molecule has 3 nitrogen and oxygen atoms in total. The van der Waals surface area contributed by atoms with Gasteiger partial charge in [-0.2, -0.15) is 0 Å². The van der Waals surface area contributed by atoms with Crippen LogP contribution in [0.1, 0.15) is 10.4 Å². The number of methoxy groups -OCH3 is 1. The van der Waals surface area contributed by atoms with Gasteiger partial charge < -0.3 is 10.1 Å². The Labute approximate surface area is 118 Å². The second-order valence-electron chi connectivity index (χ2n) is 4.05. The molecule has 0 aromatic heterocycles. The third-order valence-electron chi connectivity index (χ3n) is 2.86. The van der Waals surface area contributed by atoms with Crippen LogP contribution in [0.3, 0.4) is 0 Å². The summed E-state index contributed by atoms with van der Waals surface area (Å²) in [5.41, 5.74) is 2.60. The van der Waals surface area contributed by atoms with Gasteiger partial charge in [0, 0.05) is 17.5 Å². The Morgan fingerprint density at radius 1 is 1.16 bits per heavy atom. The standard InChI is InChI=1S/C15H15NO2S/c1-16-15(17)12-5-3-4-10(8-12)11-6-7-13(18-2)14(19)9-11/h3-9,19H,1-2H3,(H,16,17). The van der Waals surface area contributed by atoms with Crippen LogP contribution in [0.4, 0.5) is 0 Å². The number of amides is 1. The first-order valence-electron chi connectivity index (χ1n) is 5.85. The van der Waals surface area contributed by atoms with Gasteiger partial charge in [-0.05, 0) is 35.4 Å². The fourth-order valence-corrected chi connectivity index (χ4v) is 2.16. The number of ether oxygens (including phenoxy) is 1. The molecule has 4 heteroatoms. The molecule has 0 bridgehead atoms. The first kappa shape index (κ1) is 13.5. The number of carbonyl (C=O) groups is 1. The van der Waals surface area contributed by atoms with Crippen molar-refractivity contribution < 1.29 is 9.53 Å². The summed E-state index contributed by atoms with van der Waals surface area (Å²) in [6.45, 7) is 0. The minimum absolute atomic E-state index is 0.0959. The molecular weight excluding hydrogens is 258 g/mol. The van der Waals surface area contributed by atoms with Gasteiger partial charge in [-0.3, -0.25) is 4.79 Å². The van der Waals surface area contributed by atoms with Crippen molar-refractivity contribution in [1.82, 2.24) is 5.32 Å². The molecule has 1 amide bonds. The molecule has 1 N–H and O–H groups in total.